The van der Waals surface area contributed by atoms with Crippen molar-refractivity contribution < 1.29 is 13.9 Å². The third-order valence-electron chi connectivity index (χ3n) is 2.73. The van der Waals surface area contributed by atoms with Crippen molar-refractivity contribution in [3.8, 4) is 6.07 Å². The minimum atomic E-state index is -0.374. The summed E-state index contributed by atoms with van der Waals surface area (Å²) in [5.74, 6) is -0.107. The Morgan fingerprint density at radius 2 is 2.15 bits per heavy atom. The summed E-state index contributed by atoms with van der Waals surface area (Å²) in [6.07, 6.45) is 1.45. The highest BCUT2D eigenvalue weighted by atomic mass is 16.5. The van der Waals surface area contributed by atoms with E-state index in [2.05, 4.69) is 0 Å². The van der Waals surface area contributed by atoms with Crippen molar-refractivity contribution in [2.45, 2.75) is 39.7 Å². The summed E-state index contributed by atoms with van der Waals surface area (Å²) in [6, 6.07) is 6.72. The Labute approximate surface area is 117 Å². The van der Waals surface area contributed by atoms with Gasteiger partial charge in [0.05, 0.1) is 17.1 Å². The molecule has 20 heavy (non-hydrogen) atoms. The zero-order valence-corrected chi connectivity index (χ0v) is 11.8. The van der Waals surface area contributed by atoms with Crippen molar-refractivity contribution >= 4 is 16.9 Å². The Kier molecular flexibility index (Phi) is 5.73. The molecular formula is C15H17NO4. The first kappa shape index (κ1) is 15.7. The van der Waals surface area contributed by atoms with E-state index in [0.717, 1.165) is 6.42 Å². The molecular weight excluding hydrogens is 258 g/mol. The lowest BCUT2D eigenvalue weighted by atomic mass is 10.1. The predicted molar refractivity (Wildman–Crippen MR) is 74.5 cm³/mol. The Hall–Kier alpha value is -2.35. The van der Waals surface area contributed by atoms with Gasteiger partial charge in [0.2, 0.25) is 0 Å². The number of carbonyl (C=O) groups excluding carboxylic acids is 1. The molecule has 3 rings (SSSR count). The number of carbonyl (C=O) groups is 1. The quantitative estimate of drug-likeness (QED) is 0.804. The zero-order valence-electron chi connectivity index (χ0n) is 11.8. The molecule has 0 spiro atoms. The smallest absolute Gasteiger partial charge is 0.343 e. The second-order valence-corrected chi connectivity index (χ2v) is 4.27. The van der Waals surface area contributed by atoms with Crippen molar-refractivity contribution in [2.24, 2.45) is 0 Å². The molecule has 0 aliphatic carbocycles. The predicted octanol–water partition coefficient (Wildman–Crippen LogP) is 2.84. The standard InChI is InChI=1S/C8H3NO2.C7H14O2/c9-4-6-3-5-1-2-7(6)11-8(5)10;1-4-6(3)9-7(8)5-2/h1-3H;6H,4-5H2,1-3H3. The molecule has 0 saturated carbocycles. The van der Waals surface area contributed by atoms with Crippen LogP contribution in [0.2, 0.25) is 0 Å². The van der Waals surface area contributed by atoms with E-state index in [4.69, 9.17) is 14.4 Å². The van der Waals surface area contributed by atoms with Gasteiger partial charge in [-0.05, 0) is 31.5 Å². The van der Waals surface area contributed by atoms with Crippen LogP contribution in [0, 0.1) is 11.3 Å². The molecule has 1 atom stereocenters. The van der Waals surface area contributed by atoms with Crippen molar-refractivity contribution in [3.63, 3.8) is 0 Å². The Morgan fingerprint density at radius 1 is 1.45 bits per heavy atom. The van der Waals surface area contributed by atoms with Gasteiger partial charge in [-0.1, -0.05) is 13.8 Å². The van der Waals surface area contributed by atoms with E-state index in [0.29, 0.717) is 23.0 Å². The van der Waals surface area contributed by atoms with Crippen LogP contribution < -0.4 is 5.63 Å². The molecule has 2 aromatic heterocycles. The van der Waals surface area contributed by atoms with Gasteiger partial charge in [-0.25, -0.2) is 4.79 Å². The maximum atomic E-state index is 10.8. The second kappa shape index (κ2) is 7.29. The van der Waals surface area contributed by atoms with Crippen LogP contribution in [0.1, 0.15) is 39.2 Å². The Morgan fingerprint density at radius 3 is 2.55 bits per heavy atom. The van der Waals surface area contributed by atoms with Crippen LogP contribution in [0.5, 0.6) is 0 Å². The fourth-order valence-corrected chi connectivity index (χ4v) is 1.38. The van der Waals surface area contributed by atoms with E-state index in [1.165, 1.54) is 6.07 Å². The van der Waals surface area contributed by atoms with E-state index in [1.54, 1.807) is 19.1 Å². The van der Waals surface area contributed by atoms with Gasteiger partial charge in [0.25, 0.3) is 0 Å². The maximum absolute atomic E-state index is 10.8. The topological polar surface area (TPSA) is 80.3 Å². The van der Waals surface area contributed by atoms with Gasteiger partial charge in [-0.3, -0.25) is 4.79 Å². The molecule has 106 valence electrons. The lowest BCUT2D eigenvalue weighted by molar-refractivity contribution is -0.147. The molecule has 0 saturated heterocycles. The number of hydrogen-bond donors (Lipinski definition) is 0. The number of benzene rings is 1. The van der Waals surface area contributed by atoms with Gasteiger partial charge < -0.3 is 9.15 Å². The van der Waals surface area contributed by atoms with E-state index < -0.39 is 0 Å². The minimum Gasteiger partial charge on any atom is -0.463 e. The highest BCUT2D eigenvalue weighted by molar-refractivity contribution is 5.69. The lowest BCUT2D eigenvalue weighted by Gasteiger charge is -2.08. The summed E-state index contributed by atoms with van der Waals surface area (Å²) >= 11 is 0. The second-order valence-electron chi connectivity index (χ2n) is 4.27. The summed E-state index contributed by atoms with van der Waals surface area (Å²) in [5, 5.41) is 8.96. The average molecular weight is 275 g/mol. The molecule has 0 aliphatic heterocycles. The summed E-state index contributed by atoms with van der Waals surface area (Å²) in [4.78, 5) is 21.4. The molecule has 0 N–H and O–H groups in total. The van der Waals surface area contributed by atoms with Crippen LogP contribution in [0.3, 0.4) is 0 Å². The average Bonchev–Trinajstić information content (AvgIpc) is 2.48. The van der Waals surface area contributed by atoms with Crippen LogP contribution in [0.4, 0.5) is 0 Å². The van der Waals surface area contributed by atoms with Gasteiger partial charge in [0.15, 0.2) is 0 Å². The van der Waals surface area contributed by atoms with Crippen LogP contribution in [-0.2, 0) is 9.53 Å². The van der Waals surface area contributed by atoms with Gasteiger partial charge in [-0.2, -0.15) is 5.26 Å². The molecule has 3 aromatic rings. The molecule has 1 aromatic carbocycles. The van der Waals surface area contributed by atoms with Crippen LogP contribution >= 0.6 is 0 Å². The van der Waals surface area contributed by atoms with Crippen LogP contribution in [0.25, 0.3) is 11.0 Å². The molecule has 0 radical (unpaired) electrons. The fraction of sp³-hybridized carbons (Fsp3) is 0.400. The number of nitrogens with zero attached hydrogens (tertiary/aromatic N) is 1. The molecule has 5 heteroatoms. The number of fused-ring (bicyclic) bond motifs is 3. The maximum Gasteiger partial charge on any atom is 0.343 e. The molecule has 0 amide bonds. The highest BCUT2D eigenvalue weighted by Crippen LogP contribution is 2.12. The SMILES string of the molecule is CCC(=O)OC(C)CC.N#Cc1cc2ccc1oc2=O. The van der Waals surface area contributed by atoms with Gasteiger partial charge in [0.1, 0.15) is 11.7 Å². The van der Waals surface area contributed by atoms with Crippen molar-refractivity contribution in [3.05, 3.63) is 34.2 Å². The molecule has 5 nitrogen and oxygen atoms in total. The van der Waals surface area contributed by atoms with Crippen molar-refractivity contribution in [2.75, 3.05) is 0 Å². The number of ether oxygens (including phenoxy) is 1. The largest absolute Gasteiger partial charge is 0.463 e. The molecule has 0 aliphatic rings. The minimum absolute atomic E-state index is 0.0810. The summed E-state index contributed by atoms with van der Waals surface area (Å²) in [6.45, 7) is 5.69. The van der Waals surface area contributed by atoms with Gasteiger partial charge in [-0.15, -0.1) is 0 Å². The summed E-state index contributed by atoms with van der Waals surface area (Å²) in [5.41, 5.74) is 0.399. The first-order valence-electron chi connectivity index (χ1n) is 6.47. The lowest BCUT2D eigenvalue weighted by Crippen LogP contribution is -2.12. The van der Waals surface area contributed by atoms with Crippen LogP contribution in [0.15, 0.2) is 27.4 Å². The molecule has 0 fully saturated rings. The van der Waals surface area contributed by atoms with E-state index in [1.807, 2.05) is 19.9 Å². The molecule has 2 heterocycles. The monoisotopic (exact) mass is 275 g/mol. The highest BCUT2D eigenvalue weighted by Gasteiger charge is 2.05. The van der Waals surface area contributed by atoms with Crippen LogP contribution in [-0.4, -0.2) is 12.1 Å². The van der Waals surface area contributed by atoms with E-state index in [-0.39, 0.29) is 17.7 Å². The van der Waals surface area contributed by atoms with E-state index in [9.17, 15) is 9.59 Å². The molecule has 2 bridgehead atoms. The normalized spacial score (nSPS) is 11.3. The van der Waals surface area contributed by atoms with Gasteiger partial charge in [0, 0.05) is 6.42 Å². The zero-order chi connectivity index (χ0) is 15.1. The first-order chi connectivity index (χ1) is 9.51. The van der Waals surface area contributed by atoms with Crippen molar-refractivity contribution in [1.29, 1.82) is 5.26 Å². The summed E-state index contributed by atoms with van der Waals surface area (Å²) < 4.78 is 9.66. The Bertz CT molecular complexity index is 653. The summed E-state index contributed by atoms with van der Waals surface area (Å²) in [7, 11) is 0. The number of hydrogen-bond acceptors (Lipinski definition) is 5. The molecule has 1 unspecified atom stereocenters. The fourth-order valence-electron chi connectivity index (χ4n) is 1.38. The third-order valence-corrected chi connectivity index (χ3v) is 2.73. The first-order valence-corrected chi connectivity index (χ1v) is 6.47. The van der Waals surface area contributed by atoms with Gasteiger partial charge >= 0.3 is 11.6 Å². The van der Waals surface area contributed by atoms with Crippen molar-refractivity contribution in [1.82, 2.24) is 0 Å². The van der Waals surface area contributed by atoms with E-state index >= 15 is 0 Å². The number of esters is 1. The third kappa shape index (κ3) is 4.09. The number of rotatable bonds is 3. The number of nitriles is 1. The Balaban J connectivity index is 0.000000206.